The zero-order valence-electron chi connectivity index (χ0n) is 15.0. The first-order chi connectivity index (χ1) is 13.0. The molecular weight excluding hydrogens is 395 g/mol. The summed E-state index contributed by atoms with van der Waals surface area (Å²) in [6.45, 7) is -0.128. The number of carbonyl (C=O) groups is 1. The normalized spacial score (nSPS) is 13.2. The van der Waals surface area contributed by atoms with Crippen molar-refractivity contribution in [2.24, 2.45) is 0 Å². The number of benzene rings is 2. The van der Waals surface area contributed by atoms with Gasteiger partial charge >= 0.3 is 6.18 Å². The number of halogens is 3. The maximum Gasteiger partial charge on any atom is 0.416 e. The van der Waals surface area contributed by atoms with Crippen LogP contribution in [0.1, 0.15) is 29.2 Å². The summed E-state index contributed by atoms with van der Waals surface area (Å²) >= 11 is 0. The van der Waals surface area contributed by atoms with Gasteiger partial charge in [0, 0.05) is 19.2 Å². The fourth-order valence-electron chi connectivity index (χ4n) is 2.47. The number of alkyl halides is 3. The molecule has 9 heteroatoms. The zero-order valence-corrected chi connectivity index (χ0v) is 15.8. The van der Waals surface area contributed by atoms with Crippen LogP contribution in [0.3, 0.4) is 0 Å². The average molecular weight is 415 g/mol. The molecule has 0 heterocycles. The lowest BCUT2D eigenvalue weighted by Gasteiger charge is -2.14. The Morgan fingerprint density at radius 1 is 1.07 bits per heavy atom. The molecule has 152 valence electrons. The maximum absolute atomic E-state index is 12.5. The molecule has 2 N–H and O–H groups in total. The summed E-state index contributed by atoms with van der Waals surface area (Å²) in [7, 11) is -3.28. The summed E-state index contributed by atoms with van der Waals surface area (Å²) < 4.78 is 60.4. The third-order valence-electron chi connectivity index (χ3n) is 4.11. The minimum atomic E-state index is -4.45. The molecule has 0 aliphatic carbocycles. The molecule has 1 unspecified atom stereocenters. The van der Waals surface area contributed by atoms with Gasteiger partial charge in [-0.2, -0.15) is 13.2 Å². The maximum atomic E-state index is 12.5. The number of carbonyl (C=O) groups excluding carboxylic acids is 1. The van der Waals surface area contributed by atoms with Gasteiger partial charge in [-0.1, -0.05) is 24.3 Å². The van der Waals surface area contributed by atoms with Crippen molar-refractivity contribution in [2.45, 2.75) is 30.0 Å². The molecule has 2 aromatic rings. The number of sulfone groups is 1. The van der Waals surface area contributed by atoms with Crippen molar-refractivity contribution < 1.29 is 31.5 Å². The fraction of sp³-hybridized carbons (Fsp3) is 0.316. The molecule has 0 saturated heterocycles. The van der Waals surface area contributed by atoms with Crippen LogP contribution >= 0.6 is 0 Å². The summed E-state index contributed by atoms with van der Waals surface area (Å²) in [5.41, 5.74) is 0.241. The Balaban J connectivity index is 1.82. The molecule has 2 aromatic carbocycles. The monoisotopic (exact) mass is 415 g/mol. The van der Waals surface area contributed by atoms with Crippen molar-refractivity contribution in [3.8, 4) is 0 Å². The minimum Gasteiger partial charge on any atom is -0.387 e. The molecule has 0 aliphatic rings. The molecule has 0 fully saturated rings. The Kier molecular flexibility index (Phi) is 6.84. The summed E-state index contributed by atoms with van der Waals surface area (Å²) in [6, 6.07) is 10.3. The van der Waals surface area contributed by atoms with Gasteiger partial charge in [-0.15, -0.1) is 0 Å². The number of rotatable bonds is 7. The molecule has 0 bridgehead atoms. The van der Waals surface area contributed by atoms with Crippen molar-refractivity contribution in [1.82, 2.24) is 5.32 Å². The smallest absolute Gasteiger partial charge is 0.387 e. The zero-order chi connectivity index (χ0) is 20.9. The second-order valence-electron chi connectivity index (χ2n) is 6.36. The van der Waals surface area contributed by atoms with E-state index in [4.69, 9.17) is 0 Å². The number of aryl methyl sites for hydroxylation is 1. The minimum absolute atomic E-state index is 0.123. The highest BCUT2D eigenvalue weighted by Crippen LogP contribution is 2.29. The molecule has 1 amide bonds. The third-order valence-corrected chi connectivity index (χ3v) is 5.24. The van der Waals surface area contributed by atoms with Crippen molar-refractivity contribution in [1.29, 1.82) is 0 Å². The van der Waals surface area contributed by atoms with Crippen LogP contribution in [-0.4, -0.2) is 32.2 Å². The van der Waals surface area contributed by atoms with Crippen LogP contribution in [0.4, 0.5) is 13.2 Å². The van der Waals surface area contributed by atoms with E-state index < -0.39 is 27.7 Å². The lowest BCUT2D eigenvalue weighted by Crippen LogP contribution is -2.28. The number of aliphatic hydroxyl groups is 1. The standard InChI is InChI=1S/C19H20F3NO4S/c1-28(26,27)16-9-2-13(3-10-16)4-11-18(25)23-12-17(24)14-5-7-15(8-6-14)19(20,21)22/h2-3,5-10,17,24H,4,11-12H2,1H3,(H,23,25). The second kappa shape index (κ2) is 8.74. The summed E-state index contributed by atoms with van der Waals surface area (Å²) in [5, 5.41) is 12.5. The first-order valence-electron chi connectivity index (χ1n) is 8.38. The Hall–Kier alpha value is -2.39. The molecule has 28 heavy (non-hydrogen) atoms. The van der Waals surface area contributed by atoms with E-state index in [1.807, 2.05) is 0 Å². The van der Waals surface area contributed by atoms with Gasteiger partial charge in [-0.05, 0) is 41.8 Å². The van der Waals surface area contributed by atoms with Crippen LogP contribution in [-0.2, 0) is 27.2 Å². The van der Waals surface area contributed by atoms with E-state index in [-0.39, 0.29) is 29.3 Å². The quantitative estimate of drug-likeness (QED) is 0.729. The van der Waals surface area contributed by atoms with Gasteiger partial charge in [0.15, 0.2) is 9.84 Å². The Morgan fingerprint density at radius 3 is 2.14 bits per heavy atom. The lowest BCUT2D eigenvalue weighted by atomic mass is 10.1. The van der Waals surface area contributed by atoms with Crippen LogP contribution in [0.5, 0.6) is 0 Å². The molecular formula is C19H20F3NO4S. The van der Waals surface area contributed by atoms with Gasteiger partial charge < -0.3 is 10.4 Å². The number of hydrogen-bond acceptors (Lipinski definition) is 4. The lowest BCUT2D eigenvalue weighted by molar-refractivity contribution is -0.137. The van der Waals surface area contributed by atoms with E-state index in [0.29, 0.717) is 6.42 Å². The van der Waals surface area contributed by atoms with Crippen LogP contribution in [0.2, 0.25) is 0 Å². The Morgan fingerprint density at radius 2 is 1.64 bits per heavy atom. The number of hydrogen-bond donors (Lipinski definition) is 2. The summed E-state index contributed by atoms with van der Waals surface area (Å²) in [4.78, 5) is 12.1. The van der Waals surface area contributed by atoms with Gasteiger partial charge in [0.05, 0.1) is 16.6 Å². The van der Waals surface area contributed by atoms with Crippen LogP contribution < -0.4 is 5.32 Å². The average Bonchev–Trinajstić information content (AvgIpc) is 2.63. The van der Waals surface area contributed by atoms with E-state index in [9.17, 15) is 31.5 Å². The van der Waals surface area contributed by atoms with E-state index in [0.717, 1.165) is 24.0 Å². The largest absolute Gasteiger partial charge is 0.416 e. The van der Waals surface area contributed by atoms with Crippen molar-refractivity contribution in [3.63, 3.8) is 0 Å². The van der Waals surface area contributed by atoms with Crippen LogP contribution in [0.25, 0.3) is 0 Å². The summed E-state index contributed by atoms with van der Waals surface area (Å²) in [6.07, 6.45) is -3.96. The Labute approximate surface area is 161 Å². The molecule has 0 spiro atoms. The number of amides is 1. The molecule has 0 radical (unpaired) electrons. The molecule has 0 saturated carbocycles. The third kappa shape index (κ3) is 6.35. The van der Waals surface area contributed by atoms with Gasteiger partial charge in [-0.3, -0.25) is 4.79 Å². The predicted molar refractivity (Wildman–Crippen MR) is 97.3 cm³/mol. The van der Waals surface area contributed by atoms with Crippen molar-refractivity contribution in [2.75, 3.05) is 12.8 Å². The topological polar surface area (TPSA) is 83.5 Å². The molecule has 0 aromatic heterocycles. The van der Waals surface area contributed by atoms with Gasteiger partial charge in [0.2, 0.25) is 5.91 Å². The van der Waals surface area contributed by atoms with E-state index >= 15 is 0 Å². The SMILES string of the molecule is CS(=O)(=O)c1ccc(CCC(=O)NCC(O)c2ccc(C(F)(F)F)cc2)cc1. The molecule has 5 nitrogen and oxygen atoms in total. The first kappa shape index (κ1) is 21.9. The van der Waals surface area contributed by atoms with E-state index in [1.54, 1.807) is 12.1 Å². The van der Waals surface area contributed by atoms with Crippen molar-refractivity contribution >= 4 is 15.7 Å². The number of aliphatic hydroxyl groups excluding tert-OH is 1. The summed E-state index contributed by atoms with van der Waals surface area (Å²) in [5.74, 6) is -0.335. The van der Waals surface area contributed by atoms with Gasteiger partial charge in [0.1, 0.15) is 0 Å². The van der Waals surface area contributed by atoms with Crippen LogP contribution in [0, 0.1) is 0 Å². The molecule has 0 aliphatic heterocycles. The van der Waals surface area contributed by atoms with Gasteiger partial charge in [0.25, 0.3) is 0 Å². The highest BCUT2D eigenvalue weighted by molar-refractivity contribution is 7.90. The van der Waals surface area contributed by atoms with Crippen molar-refractivity contribution in [3.05, 3.63) is 65.2 Å². The highest BCUT2D eigenvalue weighted by atomic mass is 32.2. The number of nitrogens with one attached hydrogen (secondary N) is 1. The molecule has 1 atom stereocenters. The fourth-order valence-corrected chi connectivity index (χ4v) is 3.10. The second-order valence-corrected chi connectivity index (χ2v) is 8.37. The Bertz CT molecular complexity index is 908. The first-order valence-corrected chi connectivity index (χ1v) is 10.3. The van der Waals surface area contributed by atoms with Gasteiger partial charge in [-0.25, -0.2) is 8.42 Å². The predicted octanol–water partition coefficient (Wildman–Crippen LogP) is 2.89. The highest BCUT2D eigenvalue weighted by Gasteiger charge is 2.30. The van der Waals surface area contributed by atoms with E-state index in [2.05, 4.69) is 5.32 Å². The van der Waals surface area contributed by atoms with Crippen LogP contribution in [0.15, 0.2) is 53.4 Å². The molecule has 2 rings (SSSR count). The van der Waals surface area contributed by atoms with E-state index in [1.165, 1.54) is 24.3 Å².